The van der Waals surface area contributed by atoms with Gasteiger partial charge in [-0.05, 0) is 86.3 Å². The van der Waals surface area contributed by atoms with Crippen LogP contribution in [0.2, 0.25) is 0 Å². The Kier molecular flexibility index (Phi) is 14.9. The summed E-state index contributed by atoms with van der Waals surface area (Å²) in [5, 5.41) is 2.84. The maximum absolute atomic E-state index is 14.3. The van der Waals surface area contributed by atoms with Gasteiger partial charge in [0.2, 0.25) is 23.6 Å². The van der Waals surface area contributed by atoms with Crippen molar-refractivity contribution in [2.24, 2.45) is 0 Å². The monoisotopic (exact) mass is 766 g/mol. The Morgan fingerprint density at radius 2 is 1.29 bits per heavy atom. The van der Waals surface area contributed by atoms with E-state index < -0.39 is 29.9 Å². The molecule has 1 fully saturated rings. The zero-order valence-electron chi connectivity index (χ0n) is 32.8. The average molecular weight is 767 g/mol. The molecule has 0 unspecified atom stereocenters. The maximum atomic E-state index is 14.3. The number of para-hydroxylation sites is 2. The number of carbonyl (C=O) groups excluding carboxylic acids is 4. The van der Waals surface area contributed by atoms with Gasteiger partial charge in [-0.25, -0.2) is 0 Å². The van der Waals surface area contributed by atoms with Crippen LogP contribution in [0.4, 0.5) is 0 Å². The number of methoxy groups -OCH3 is 2. The first-order chi connectivity index (χ1) is 27.1. The van der Waals surface area contributed by atoms with Crippen molar-refractivity contribution in [2.75, 3.05) is 53.6 Å². The van der Waals surface area contributed by atoms with Crippen LogP contribution in [0.25, 0.3) is 0 Å². The Balaban J connectivity index is 0.00000720. The number of nitrogens with zero attached hydrogens (tertiary/aromatic N) is 3. The molecular weight excluding hydrogens is 713 g/mol. The zero-order chi connectivity index (χ0) is 40.0. The summed E-state index contributed by atoms with van der Waals surface area (Å²) in [5.74, 6) is 1.18. The molecule has 3 atom stereocenters. The summed E-state index contributed by atoms with van der Waals surface area (Å²) in [4.78, 5) is 60.6. The highest BCUT2D eigenvalue weighted by molar-refractivity contribution is 5.91. The smallest absolute Gasteiger partial charge is 0.244 e. The minimum absolute atomic E-state index is 0. The van der Waals surface area contributed by atoms with Crippen LogP contribution in [-0.2, 0) is 30.3 Å². The molecule has 1 saturated heterocycles. The third kappa shape index (κ3) is 11.1. The lowest BCUT2D eigenvalue weighted by Gasteiger charge is -2.35. The number of benzene rings is 4. The molecule has 4 amide bonds. The lowest BCUT2D eigenvalue weighted by Crippen LogP contribution is -2.52. The van der Waals surface area contributed by atoms with Crippen molar-refractivity contribution >= 4 is 23.6 Å². The van der Waals surface area contributed by atoms with Crippen LogP contribution < -0.4 is 19.5 Å². The number of rotatable bonds is 11. The van der Waals surface area contributed by atoms with Gasteiger partial charge in [-0.3, -0.25) is 19.2 Å². The van der Waals surface area contributed by atoms with E-state index in [0.29, 0.717) is 36.0 Å². The third-order valence-electron chi connectivity index (χ3n) is 10.0. The summed E-state index contributed by atoms with van der Waals surface area (Å²) in [5.41, 5.74) is 2.49. The Morgan fingerprint density at radius 1 is 0.714 bits per heavy atom. The number of carbonyl (C=O) groups is 4. The molecule has 0 radical (unpaired) electrons. The lowest BCUT2D eigenvalue weighted by molar-refractivity contribution is -0.146. The molecule has 4 aromatic carbocycles. The van der Waals surface area contributed by atoms with Gasteiger partial charge in [-0.2, -0.15) is 0 Å². The number of nitrogens with one attached hydrogen (secondary N) is 1. The average Bonchev–Trinajstić information content (AvgIpc) is 3.22. The summed E-state index contributed by atoms with van der Waals surface area (Å²) in [6, 6.07) is 29.8. The Labute approximate surface area is 330 Å². The quantitative estimate of drug-likeness (QED) is 0.191. The van der Waals surface area contributed by atoms with Gasteiger partial charge in [0.25, 0.3) is 0 Å². The van der Waals surface area contributed by atoms with E-state index in [4.69, 9.17) is 18.9 Å². The van der Waals surface area contributed by atoms with Crippen LogP contribution in [0, 0.1) is 0 Å². The minimum Gasteiger partial charge on any atom is -0.497 e. The summed E-state index contributed by atoms with van der Waals surface area (Å²) in [6.45, 7) is 5.53. The van der Waals surface area contributed by atoms with Gasteiger partial charge in [0.1, 0.15) is 42.1 Å². The lowest BCUT2D eigenvalue weighted by atomic mass is 10.0. The highest BCUT2D eigenvalue weighted by atomic mass is 16.5. The van der Waals surface area contributed by atoms with Gasteiger partial charge < -0.3 is 39.0 Å². The van der Waals surface area contributed by atoms with Gasteiger partial charge in [0.15, 0.2) is 0 Å². The van der Waals surface area contributed by atoms with Crippen molar-refractivity contribution in [1.29, 1.82) is 0 Å². The van der Waals surface area contributed by atoms with Gasteiger partial charge >= 0.3 is 0 Å². The van der Waals surface area contributed by atoms with Gasteiger partial charge in [-0.15, -0.1) is 0 Å². The summed E-state index contributed by atoms with van der Waals surface area (Å²) >= 11 is 0. The summed E-state index contributed by atoms with van der Waals surface area (Å²) < 4.78 is 22.8. The predicted octanol–water partition coefficient (Wildman–Crippen LogP) is 6.22. The number of amides is 4. The van der Waals surface area contributed by atoms with Gasteiger partial charge in [-0.1, -0.05) is 60.7 Å². The number of hydrogen-bond acceptors (Lipinski definition) is 8. The van der Waals surface area contributed by atoms with Crippen LogP contribution in [0.5, 0.6) is 23.0 Å². The van der Waals surface area contributed by atoms with Crippen molar-refractivity contribution in [3.05, 3.63) is 120 Å². The van der Waals surface area contributed by atoms with E-state index in [-0.39, 0.29) is 52.5 Å². The van der Waals surface area contributed by atoms with E-state index in [0.717, 1.165) is 16.7 Å². The molecule has 0 saturated carbocycles. The SMILES string of the molecule is COc1ccc([C@H](C)N2CC(=O)N[C@H](C)C(=O)N(CCc3ccccc3Oc3ccccc3)CCOCCC(=O)N([C@@H](C)c3ccc(OC)cc3)CC2=O)cc1.[HH]. The number of ether oxygens (including phenoxy) is 4. The van der Waals surface area contributed by atoms with Crippen molar-refractivity contribution in [3.63, 3.8) is 0 Å². The van der Waals surface area contributed by atoms with Crippen LogP contribution in [0.3, 0.4) is 0 Å². The molecule has 56 heavy (non-hydrogen) atoms. The van der Waals surface area contributed by atoms with E-state index in [1.807, 2.05) is 105 Å². The van der Waals surface area contributed by atoms with E-state index in [2.05, 4.69) is 5.32 Å². The van der Waals surface area contributed by atoms with Crippen LogP contribution in [0.1, 0.15) is 57.4 Å². The Bertz CT molecular complexity index is 1910. The molecule has 0 spiro atoms. The van der Waals surface area contributed by atoms with Crippen LogP contribution in [0.15, 0.2) is 103 Å². The topological polar surface area (TPSA) is 127 Å². The normalized spacial score (nSPS) is 17.6. The zero-order valence-corrected chi connectivity index (χ0v) is 32.8. The fourth-order valence-electron chi connectivity index (χ4n) is 6.61. The molecule has 5 rings (SSSR count). The van der Waals surface area contributed by atoms with Crippen molar-refractivity contribution in [3.8, 4) is 23.0 Å². The summed E-state index contributed by atoms with van der Waals surface area (Å²) in [7, 11) is 3.15. The first-order valence-corrected chi connectivity index (χ1v) is 18.9. The molecule has 0 bridgehead atoms. The number of hydrogen-bond donors (Lipinski definition) is 1. The van der Waals surface area contributed by atoms with E-state index >= 15 is 0 Å². The van der Waals surface area contributed by atoms with Crippen molar-refractivity contribution in [2.45, 2.75) is 51.7 Å². The maximum Gasteiger partial charge on any atom is 0.244 e. The Hall–Kier alpha value is -5.88. The highest BCUT2D eigenvalue weighted by Crippen LogP contribution is 2.28. The largest absolute Gasteiger partial charge is 0.497 e. The minimum atomic E-state index is -0.896. The van der Waals surface area contributed by atoms with E-state index in [9.17, 15) is 19.2 Å². The predicted molar refractivity (Wildman–Crippen MR) is 215 cm³/mol. The van der Waals surface area contributed by atoms with Gasteiger partial charge in [0, 0.05) is 14.5 Å². The molecule has 4 aromatic rings. The van der Waals surface area contributed by atoms with Crippen molar-refractivity contribution in [1.82, 2.24) is 20.0 Å². The second kappa shape index (κ2) is 20.2. The molecule has 1 N–H and O–H groups in total. The standard InChI is InChI=1S/C44H52N4O8.H2/c1-31-44(52)46(25-23-36-11-9-10-14-40(36)56-39-12-7-6-8-13-39)26-28-55-27-24-42(50)48(33(3)35-17-21-38(54-5)22-18-35)30-43(51)47(29-41(49)45-31)32(2)34-15-19-37(53-4)20-16-34;/h6-22,31-33H,23-30H2,1-5H3,(H,45,49);1H/t31-,32+,33+;/m1./s1. The Morgan fingerprint density at radius 3 is 1.89 bits per heavy atom. The fraction of sp³-hybridized carbons (Fsp3) is 0.364. The molecule has 0 aliphatic carbocycles. The first-order valence-electron chi connectivity index (χ1n) is 18.9. The second-order valence-corrected chi connectivity index (χ2v) is 13.7. The molecule has 1 aliphatic heterocycles. The molecule has 1 heterocycles. The van der Waals surface area contributed by atoms with Crippen molar-refractivity contribution < 1.29 is 39.6 Å². The third-order valence-corrected chi connectivity index (χ3v) is 10.0. The molecule has 12 nitrogen and oxygen atoms in total. The van der Waals surface area contributed by atoms with E-state index in [1.165, 1.54) is 9.80 Å². The highest BCUT2D eigenvalue weighted by Gasteiger charge is 2.31. The van der Waals surface area contributed by atoms with E-state index in [1.54, 1.807) is 38.2 Å². The van der Waals surface area contributed by atoms with Gasteiger partial charge in [0.05, 0.1) is 45.9 Å². The molecule has 0 aromatic heterocycles. The summed E-state index contributed by atoms with van der Waals surface area (Å²) in [6.07, 6.45) is 0.491. The fourth-order valence-corrected chi connectivity index (χ4v) is 6.61. The van der Waals surface area contributed by atoms with Crippen LogP contribution >= 0.6 is 0 Å². The molecule has 298 valence electrons. The second-order valence-electron chi connectivity index (χ2n) is 13.7. The molecule has 12 heteroatoms. The van der Waals surface area contributed by atoms with Crippen LogP contribution in [-0.4, -0.2) is 98.0 Å². The molecule has 1 aliphatic rings. The first kappa shape index (κ1) is 41.3. The molecular formula is C44H54N4O8.